The standard InChI is InChI=1S/C21H21N3OS2/c1-25-19-8-6-16(7-9-19)21-23-17(15-27-21)14-24-10-2-4-18(24)12-22-13-20-5-3-11-26-20/h2-11,15,22H,12-14H2,1H3. The summed E-state index contributed by atoms with van der Waals surface area (Å²) in [5, 5.41) is 8.81. The summed E-state index contributed by atoms with van der Waals surface area (Å²) < 4.78 is 7.48. The highest BCUT2D eigenvalue weighted by Gasteiger charge is 2.08. The molecule has 0 saturated heterocycles. The molecule has 27 heavy (non-hydrogen) atoms. The molecule has 0 bridgehead atoms. The van der Waals surface area contributed by atoms with Crippen LogP contribution in [0.15, 0.2) is 65.5 Å². The van der Waals surface area contributed by atoms with Crippen molar-refractivity contribution in [1.82, 2.24) is 14.9 Å². The number of hydrogen-bond acceptors (Lipinski definition) is 5. The van der Waals surface area contributed by atoms with Crippen LogP contribution in [0.3, 0.4) is 0 Å². The van der Waals surface area contributed by atoms with Gasteiger partial charge in [-0.05, 0) is 47.8 Å². The van der Waals surface area contributed by atoms with Gasteiger partial charge in [0.1, 0.15) is 10.8 Å². The minimum atomic E-state index is 0.787. The van der Waals surface area contributed by atoms with E-state index in [1.807, 2.05) is 12.1 Å². The van der Waals surface area contributed by atoms with E-state index in [0.29, 0.717) is 0 Å². The van der Waals surface area contributed by atoms with Crippen molar-refractivity contribution >= 4 is 22.7 Å². The van der Waals surface area contributed by atoms with E-state index in [4.69, 9.17) is 9.72 Å². The third-order valence-electron chi connectivity index (χ3n) is 4.33. The average molecular weight is 396 g/mol. The van der Waals surface area contributed by atoms with Crippen molar-refractivity contribution in [1.29, 1.82) is 0 Å². The van der Waals surface area contributed by atoms with Gasteiger partial charge in [-0.1, -0.05) is 6.07 Å². The minimum absolute atomic E-state index is 0.787. The van der Waals surface area contributed by atoms with Gasteiger partial charge in [-0.2, -0.15) is 0 Å². The van der Waals surface area contributed by atoms with Gasteiger partial charge in [-0.25, -0.2) is 4.98 Å². The lowest BCUT2D eigenvalue weighted by Crippen LogP contribution is -2.15. The summed E-state index contributed by atoms with van der Waals surface area (Å²) >= 11 is 3.46. The van der Waals surface area contributed by atoms with Gasteiger partial charge in [0.05, 0.1) is 19.3 Å². The van der Waals surface area contributed by atoms with E-state index >= 15 is 0 Å². The summed E-state index contributed by atoms with van der Waals surface area (Å²) in [6, 6.07) is 16.6. The van der Waals surface area contributed by atoms with E-state index in [0.717, 1.165) is 41.6 Å². The van der Waals surface area contributed by atoms with Gasteiger partial charge in [0.15, 0.2) is 0 Å². The molecule has 0 amide bonds. The second-order valence-corrected chi connectivity index (χ2v) is 8.07. The fraction of sp³-hybridized carbons (Fsp3) is 0.190. The Morgan fingerprint density at radius 2 is 1.93 bits per heavy atom. The molecule has 0 spiro atoms. The van der Waals surface area contributed by atoms with Crippen LogP contribution in [0.4, 0.5) is 0 Å². The van der Waals surface area contributed by atoms with Crippen LogP contribution in [0.2, 0.25) is 0 Å². The Morgan fingerprint density at radius 3 is 2.70 bits per heavy atom. The highest BCUT2D eigenvalue weighted by Crippen LogP contribution is 2.26. The SMILES string of the molecule is COc1ccc(-c2nc(Cn3cccc3CNCc3cccs3)cs2)cc1. The Kier molecular flexibility index (Phi) is 5.67. The molecule has 138 valence electrons. The van der Waals surface area contributed by atoms with Crippen molar-refractivity contribution in [2.45, 2.75) is 19.6 Å². The van der Waals surface area contributed by atoms with Gasteiger partial charge in [-0.3, -0.25) is 0 Å². The Balaban J connectivity index is 1.39. The number of nitrogens with zero attached hydrogens (tertiary/aromatic N) is 2. The summed E-state index contributed by atoms with van der Waals surface area (Å²) in [7, 11) is 1.68. The molecule has 6 heteroatoms. The maximum Gasteiger partial charge on any atom is 0.123 e. The molecule has 0 fully saturated rings. The van der Waals surface area contributed by atoms with Crippen molar-refractivity contribution in [2.75, 3.05) is 7.11 Å². The van der Waals surface area contributed by atoms with Crippen molar-refractivity contribution in [2.24, 2.45) is 0 Å². The van der Waals surface area contributed by atoms with Gasteiger partial charge >= 0.3 is 0 Å². The summed E-state index contributed by atoms with van der Waals surface area (Å²) in [6.45, 7) is 2.54. The zero-order valence-corrected chi connectivity index (χ0v) is 16.7. The topological polar surface area (TPSA) is 39.1 Å². The van der Waals surface area contributed by atoms with Crippen molar-refractivity contribution in [3.05, 3.63) is 81.8 Å². The van der Waals surface area contributed by atoms with E-state index < -0.39 is 0 Å². The van der Waals surface area contributed by atoms with Gasteiger partial charge < -0.3 is 14.6 Å². The van der Waals surface area contributed by atoms with E-state index in [2.05, 4.69) is 63.2 Å². The largest absolute Gasteiger partial charge is 0.497 e. The minimum Gasteiger partial charge on any atom is -0.497 e. The molecular formula is C21H21N3OS2. The maximum absolute atomic E-state index is 5.22. The van der Waals surface area contributed by atoms with Crippen molar-refractivity contribution in [3.8, 4) is 16.3 Å². The first-order chi connectivity index (χ1) is 13.3. The van der Waals surface area contributed by atoms with E-state index in [1.165, 1.54) is 10.6 Å². The van der Waals surface area contributed by atoms with Crippen molar-refractivity contribution in [3.63, 3.8) is 0 Å². The first-order valence-corrected chi connectivity index (χ1v) is 10.5. The molecule has 4 rings (SSSR count). The second-order valence-electron chi connectivity index (χ2n) is 6.18. The number of methoxy groups -OCH3 is 1. The molecule has 1 N–H and O–H groups in total. The van der Waals surface area contributed by atoms with Crippen LogP contribution in [0, 0.1) is 0 Å². The number of hydrogen-bond donors (Lipinski definition) is 1. The summed E-state index contributed by atoms with van der Waals surface area (Å²) in [4.78, 5) is 6.17. The summed E-state index contributed by atoms with van der Waals surface area (Å²) in [5.74, 6) is 0.863. The van der Waals surface area contributed by atoms with Crippen molar-refractivity contribution < 1.29 is 4.74 Å². The van der Waals surface area contributed by atoms with Gasteiger partial charge in [-0.15, -0.1) is 22.7 Å². The lowest BCUT2D eigenvalue weighted by Gasteiger charge is -2.08. The fourth-order valence-electron chi connectivity index (χ4n) is 2.91. The first-order valence-electron chi connectivity index (χ1n) is 8.78. The normalized spacial score (nSPS) is 11.0. The molecule has 0 atom stereocenters. The summed E-state index contributed by atoms with van der Waals surface area (Å²) in [5.41, 5.74) is 3.48. The fourth-order valence-corrected chi connectivity index (χ4v) is 4.40. The molecule has 3 heterocycles. The Morgan fingerprint density at radius 1 is 1.04 bits per heavy atom. The lowest BCUT2D eigenvalue weighted by molar-refractivity contribution is 0.415. The number of nitrogens with one attached hydrogen (secondary N) is 1. The Hall–Kier alpha value is -2.41. The monoisotopic (exact) mass is 395 g/mol. The predicted octanol–water partition coefficient (Wildman–Crippen LogP) is 5.02. The predicted molar refractivity (Wildman–Crippen MR) is 112 cm³/mol. The second kappa shape index (κ2) is 8.52. The zero-order valence-electron chi connectivity index (χ0n) is 15.1. The van der Waals surface area contributed by atoms with E-state index in [1.54, 1.807) is 29.8 Å². The van der Waals surface area contributed by atoms with Crippen LogP contribution in [-0.4, -0.2) is 16.7 Å². The molecule has 0 unspecified atom stereocenters. The first kappa shape index (κ1) is 18.0. The van der Waals surface area contributed by atoms with E-state index in [9.17, 15) is 0 Å². The molecular weight excluding hydrogens is 374 g/mol. The molecule has 0 radical (unpaired) electrons. The number of benzene rings is 1. The van der Waals surface area contributed by atoms with Crippen LogP contribution >= 0.6 is 22.7 Å². The smallest absolute Gasteiger partial charge is 0.123 e. The molecule has 0 saturated carbocycles. The van der Waals surface area contributed by atoms with Crippen LogP contribution < -0.4 is 10.1 Å². The molecule has 0 aliphatic carbocycles. The number of aromatic nitrogens is 2. The summed E-state index contributed by atoms with van der Waals surface area (Å²) in [6.07, 6.45) is 2.12. The number of rotatable bonds is 8. The third-order valence-corrected chi connectivity index (χ3v) is 6.15. The van der Waals surface area contributed by atoms with Crippen LogP contribution in [0.5, 0.6) is 5.75 Å². The third kappa shape index (κ3) is 4.47. The number of ether oxygens (including phenoxy) is 1. The molecule has 1 aromatic carbocycles. The highest BCUT2D eigenvalue weighted by atomic mass is 32.1. The van der Waals surface area contributed by atoms with E-state index in [-0.39, 0.29) is 0 Å². The Bertz CT molecular complexity index is 971. The molecule has 4 aromatic rings. The lowest BCUT2D eigenvalue weighted by atomic mass is 10.2. The molecule has 0 aliphatic rings. The molecule has 4 nitrogen and oxygen atoms in total. The highest BCUT2D eigenvalue weighted by molar-refractivity contribution is 7.13. The number of thiophene rings is 1. The molecule has 3 aromatic heterocycles. The van der Waals surface area contributed by atoms with Crippen LogP contribution in [0.1, 0.15) is 16.3 Å². The Labute approximate surface area is 167 Å². The van der Waals surface area contributed by atoms with Gasteiger partial charge in [0, 0.05) is 40.8 Å². The average Bonchev–Trinajstić information content (AvgIpc) is 3.45. The van der Waals surface area contributed by atoms with Crippen LogP contribution in [0.25, 0.3) is 10.6 Å². The van der Waals surface area contributed by atoms with Crippen LogP contribution in [-0.2, 0) is 19.6 Å². The number of thiazole rings is 1. The maximum atomic E-state index is 5.22. The molecule has 0 aliphatic heterocycles. The van der Waals surface area contributed by atoms with Gasteiger partial charge in [0.25, 0.3) is 0 Å². The van der Waals surface area contributed by atoms with Gasteiger partial charge in [0.2, 0.25) is 0 Å². The zero-order chi connectivity index (χ0) is 18.5. The quantitative estimate of drug-likeness (QED) is 0.455.